The smallest absolute Gasteiger partial charge is 0.0452 e. The molecule has 1 aromatic carbocycles. The highest BCUT2D eigenvalue weighted by Gasteiger charge is 2.18. The molecule has 2 unspecified atom stereocenters. The van der Waals surface area contributed by atoms with E-state index in [0.29, 0.717) is 5.25 Å². The van der Waals surface area contributed by atoms with Crippen molar-refractivity contribution in [1.82, 2.24) is 4.98 Å². The third kappa shape index (κ3) is 4.23. The number of rotatable bonds is 6. The molecule has 0 aliphatic heterocycles. The second-order valence-electron chi connectivity index (χ2n) is 4.71. The number of pyridine rings is 1. The van der Waals surface area contributed by atoms with Gasteiger partial charge in [0.1, 0.15) is 0 Å². The number of benzene rings is 1. The molecule has 2 rings (SSSR count). The first-order valence-electron chi connectivity index (χ1n) is 6.72. The molecule has 2 nitrogen and oxygen atoms in total. The zero-order chi connectivity index (χ0) is 14.4. The van der Waals surface area contributed by atoms with Crippen molar-refractivity contribution in [1.29, 1.82) is 0 Å². The Kier molecular flexibility index (Phi) is 5.89. The van der Waals surface area contributed by atoms with Crippen LogP contribution in [0.1, 0.15) is 29.7 Å². The van der Waals surface area contributed by atoms with Gasteiger partial charge in [-0.15, -0.1) is 11.8 Å². The Hall–Kier alpha value is -1.03. The lowest BCUT2D eigenvalue weighted by Crippen LogP contribution is -2.25. The SMILES string of the molecule is CCC(N)C(SCc1ccc(Cl)cc1)c1ccncc1. The predicted octanol–water partition coefficient (Wildman–Crippen LogP) is 4.45. The number of hydrogen-bond donors (Lipinski definition) is 1. The highest BCUT2D eigenvalue weighted by molar-refractivity contribution is 7.98. The van der Waals surface area contributed by atoms with Gasteiger partial charge in [-0.2, -0.15) is 0 Å². The van der Waals surface area contributed by atoms with Crippen LogP contribution in [0.4, 0.5) is 0 Å². The van der Waals surface area contributed by atoms with Crippen LogP contribution in [0.2, 0.25) is 5.02 Å². The molecule has 0 saturated carbocycles. The van der Waals surface area contributed by atoms with Crippen molar-refractivity contribution in [3.8, 4) is 0 Å². The van der Waals surface area contributed by atoms with Crippen LogP contribution in [-0.4, -0.2) is 11.0 Å². The van der Waals surface area contributed by atoms with Crippen molar-refractivity contribution >= 4 is 23.4 Å². The predicted molar refractivity (Wildman–Crippen MR) is 88.0 cm³/mol. The van der Waals surface area contributed by atoms with Crippen LogP contribution in [0.25, 0.3) is 0 Å². The molecule has 0 aliphatic rings. The summed E-state index contributed by atoms with van der Waals surface area (Å²) in [4.78, 5) is 4.08. The van der Waals surface area contributed by atoms with Crippen LogP contribution in [0.3, 0.4) is 0 Å². The lowest BCUT2D eigenvalue weighted by atomic mass is 10.1. The molecule has 20 heavy (non-hydrogen) atoms. The average Bonchev–Trinajstić information content (AvgIpc) is 2.50. The first-order chi connectivity index (χ1) is 9.70. The summed E-state index contributed by atoms with van der Waals surface area (Å²) >= 11 is 7.78. The Morgan fingerprint density at radius 1 is 1.15 bits per heavy atom. The summed E-state index contributed by atoms with van der Waals surface area (Å²) in [7, 11) is 0. The summed E-state index contributed by atoms with van der Waals surface area (Å²) in [6.07, 6.45) is 4.61. The van der Waals surface area contributed by atoms with Crippen molar-refractivity contribution < 1.29 is 0 Å². The molecule has 1 aromatic heterocycles. The van der Waals surface area contributed by atoms with E-state index in [1.807, 2.05) is 36.3 Å². The Morgan fingerprint density at radius 2 is 1.80 bits per heavy atom. The lowest BCUT2D eigenvalue weighted by Gasteiger charge is -2.23. The Labute approximate surface area is 129 Å². The first-order valence-corrected chi connectivity index (χ1v) is 8.15. The van der Waals surface area contributed by atoms with Crippen LogP contribution in [0, 0.1) is 0 Å². The van der Waals surface area contributed by atoms with Crippen molar-refractivity contribution in [2.75, 3.05) is 0 Å². The maximum Gasteiger partial charge on any atom is 0.0452 e. The van der Waals surface area contributed by atoms with E-state index < -0.39 is 0 Å². The number of thioether (sulfide) groups is 1. The maximum absolute atomic E-state index is 6.28. The van der Waals surface area contributed by atoms with Gasteiger partial charge in [-0.05, 0) is 41.8 Å². The van der Waals surface area contributed by atoms with Gasteiger partial charge in [-0.3, -0.25) is 4.98 Å². The molecule has 0 fully saturated rings. The summed E-state index contributed by atoms with van der Waals surface area (Å²) in [6, 6.07) is 12.2. The minimum Gasteiger partial charge on any atom is -0.326 e. The standard InChI is InChI=1S/C16H19ClN2S/c1-2-15(18)16(13-7-9-19-10-8-13)20-11-12-3-5-14(17)6-4-12/h3-10,15-16H,2,11,18H2,1H3. The molecule has 2 N–H and O–H groups in total. The summed E-state index contributed by atoms with van der Waals surface area (Å²) in [5.74, 6) is 0.928. The molecule has 4 heteroatoms. The fraction of sp³-hybridized carbons (Fsp3) is 0.312. The van der Waals surface area contributed by atoms with E-state index in [0.717, 1.165) is 17.2 Å². The molecule has 0 aliphatic carbocycles. The second kappa shape index (κ2) is 7.67. The minimum atomic E-state index is 0.148. The van der Waals surface area contributed by atoms with Gasteiger partial charge in [0.2, 0.25) is 0 Å². The number of halogens is 1. The van der Waals surface area contributed by atoms with Crippen LogP contribution < -0.4 is 5.73 Å². The number of hydrogen-bond acceptors (Lipinski definition) is 3. The van der Waals surface area contributed by atoms with Gasteiger partial charge >= 0.3 is 0 Å². The Morgan fingerprint density at radius 3 is 2.40 bits per heavy atom. The molecule has 0 saturated heterocycles. The monoisotopic (exact) mass is 306 g/mol. The van der Waals surface area contributed by atoms with Gasteiger partial charge in [-0.1, -0.05) is 30.7 Å². The molecule has 0 spiro atoms. The highest BCUT2D eigenvalue weighted by atomic mass is 35.5. The summed E-state index contributed by atoms with van der Waals surface area (Å²) in [6.45, 7) is 2.13. The summed E-state index contributed by atoms with van der Waals surface area (Å²) < 4.78 is 0. The van der Waals surface area contributed by atoms with Crippen LogP contribution >= 0.6 is 23.4 Å². The molecule has 0 radical (unpaired) electrons. The van der Waals surface area contributed by atoms with E-state index in [1.165, 1.54) is 11.1 Å². The molecule has 0 bridgehead atoms. The molecular weight excluding hydrogens is 288 g/mol. The van der Waals surface area contributed by atoms with Gasteiger partial charge in [0.05, 0.1) is 0 Å². The zero-order valence-electron chi connectivity index (χ0n) is 11.5. The Bertz CT molecular complexity index is 516. The second-order valence-corrected chi connectivity index (χ2v) is 6.28. The van der Waals surface area contributed by atoms with E-state index in [2.05, 4.69) is 36.2 Å². The van der Waals surface area contributed by atoms with Crippen LogP contribution in [-0.2, 0) is 5.75 Å². The molecule has 0 amide bonds. The summed E-state index contributed by atoms with van der Waals surface area (Å²) in [5, 5.41) is 1.06. The van der Waals surface area contributed by atoms with Crippen molar-refractivity contribution in [2.24, 2.45) is 5.73 Å². The average molecular weight is 307 g/mol. The number of aromatic nitrogens is 1. The van der Waals surface area contributed by atoms with E-state index in [9.17, 15) is 0 Å². The van der Waals surface area contributed by atoms with Crippen LogP contribution in [0.15, 0.2) is 48.8 Å². The molecule has 2 aromatic rings. The molecule has 106 valence electrons. The van der Waals surface area contributed by atoms with Crippen molar-refractivity contribution in [2.45, 2.75) is 30.4 Å². The largest absolute Gasteiger partial charge is 0.326 e. The molecule has 2 atom stereocenters. The molecular formula is C16H19ClN2S. The maximum atomic E-state index is 6.28. The van der Waals surface area contributed by atoms with Crippen LogP contribution in [0.5, 0.6) is 0 Å². The third-order valence-electron chi connectivity index (χ3n) is 3.24. The normalized spacial score (nSPS) is 13.9. The summed E-state index contributed by atoms with van der Waals surface area (Å²) in [5.41, 5.74) is 8.78. The quantitative estimate of drug-likeness (QED) is 0.857. The van der Waals surface area contributed by atoms with E-state index in [4.69, 9.17) is 17.3 Å². The number of nitrogens with zero attached hydrogens (tertiary/aromatic N) is 1. The van der Waals surface area contributed by atoms with E-state index >= 15 is 0 Å². The highest BCUT2D eigenvalue weighted by Crippen LogP contribution is 2.34. The topological polar surface area (TPSA) is 38.9 Å². The lowest BCUT2D eigenvalue weighted by molar-refractivity contribution is 0.633. The fourth-order valence-electron chi connectivity index (χ4n) is 2.00. The fourth-order valence-corrected chi connectivity index (χ4v) is 3.48. The van der Waals surface area contributed by atoms with Gasteiger partial charge < -0.3 is 5.73 Å². The number of nitrogens with two attached hydrogens (primary N) is 1. The van der Waals surface area contributed by atoms with E-state index in [-0.39, 0.29) is 6.04 Å². The van der Waals surface area contributed by atoms with Gasteiger partial charge in [-0.25, -0.2) is 0 Å². The van der Waals surface area contributed by atoms with E-state index in [1.54, 1.807) is 0 Å². The van der Waals surface area contributed by atoms with Gasteiger partial charge in [0, 0.05) is 34.5 Å². The van der Waals surface area contributed by atoms with Gasteiger partial charge in [0.25, 0.3) is 0 Å². The zero-order valence-corrected chi connectivity index (χ0v) is 13.1. The first kappa shape index (κ1) is 15.4. The Balaban J connectivity index is 2.07. The minimum absolute atomic E-state index is 0.148. The molecule has 1 heterocycles. The third-order valence-corrected chi connectivity index (χ3v) is 4.97. The van der Waals surface area contributed by atoms with Crippen molar-refractivity contribution in [3.63, 3.8) is 0 Å². The van der Waals surface area contributed by atoms with Crippen molar-refractivity contribution in [3.05, 3.63) is 64.9 Å². The van der Waals surface area contributed by atoms with Gasteiger partial charge in [0.15, 0.2) is 0 Å².